The van der Waals surface area contributed by atoms with E-state index in [0.29, 0.717) is 5.12 Å². The second-order valence-corrected chi connectivity index (χ2v) is 7.49. The van der Waals surface area contributed by atoms with E-state index in [0.717, 1.165) is 23.9 Å². The molecule has 0 saturated heterocycles. The maximum absolute atomic E-state index is 11.7. The molecular weight excluding hydrogens is 332 g/mol. The van der Waals surface area contributed by atoms with Gasteiger partial charge in [-0.3, -0.25) is 4.79 Å². The largest absolute Gasteiger partial charge is 0.287 e. The van der Waals surface area contributed by atoms with Crippen LogP contribution in [0.5, 0.6) is 0 Å². The first-order chi connectivity index (χ1) is 9.81. The second-order valence-electron chi connectivity index (χ2n) is 5.55. The highest BCUT2D eigenvalue weighted by Crippen LogP contribution is 2.15. The van der Waals surface area contributed by atoms with Crippen molar-refractivity contribution in [1.82, 2.24) is 0 Å². The molecule has 0 unspecified atom stereocenters. The van der Waals surface area contributed by atoms with Crippen LogP contribution in [0.25, 0.3) is 0 Å². The molecule has 0 heterocycles. The maximum atomic E-state index is 11.7. The fourth-order valence-electron chi connectivity index (χ4n) is 2.21. The Morgan fingerprint density at radius 3 is 2.00 bits per heavy atom. The van der Waals surface area contributed by atoms with E-state index in [-0.39, 0.29) is 0 Å². The zero-order chi connectivity index (χ0) is 14.9. The summed E-state index contributed by atoms with van der Waals surface area (Å²) in [4.78, 5) is 11.7. The van der Waals surface area contributed by atoms with Crippen molar-refractivity contribution in [2.75, 3.05) is 11.1 Å². The van der Waals surface area contributed by atoms with E-state index in [1.165, 1.54) is 70.6 Å². The van der Waals surface area contributed by atoms with Gasteiger partial charge in [0.05, 0.1) is 0 Å². The standard InChI is InChI=1S/C17H33BrOS/c1-2-3-4-5-6-8-11-14-17(19)20-16-13-10-7-9-12-15-18/h2-16H2,1H3. The molecule has 0 aliphatic rings. The van der Waals surface area contributed by atoms with E-state index in [1.54, 1.807) is 11.8 Å². The van der Waals surface area contributed by atoms with Gasteiger partial charge in [0.25, 0.3) is 0 Å². The quantitative estimate of drug-likeness (QED) is 0.236. The molecule has 0 aromatic carbocycles. The van der Waals surface area contributed by atoms with Crippen molar-refractivity contribution >= 4 is 32.8 Å². The van der Waals surface area contributed by atoms with Gasteiger partial charge >= 0.3 is 0 Å². The number of unbranched alkanes of at least 4 members (excludes halogenated alkanes) is 10. The number of hydrogen-bond acceptors (Lipinski definition) is 2. The van der Waals surface area contributed by atoms with E-state index >= 15 is 0 Å². The molecule has 0 aliphatic carbocycles. The first-order valence-electron chi connectivity index (χ1n) is 8.52. The van der Waals surface area contributed by atoms with Gasteiger partial charge in [-0.15, -0.1) is 0 Å². The lowest BCUT2D eigenvalue weighted by atomic mass is 10.1. The summed E-state index contributed by atoms with van der Waals surface area (Å²) in [6, 6.07) is 0. The summed E-state index contributed by atoms with van der Waals surface area (Å²) >= 11 is 5.01. The molecule has 0 radical (unpaired) electrons. The molecule has 1 nitrogen and oxygen atoms in total. The third-order valence-electron chi connectivity index (χ3n) is 3.53. The molecule has 0 amide bonds. The monoisotopic (exact) mass is 364 g/mol. The summed E-state index contributed by atoms with van der Waals surface area (Å²) < 4.78 is 0. The molecule has 3 heteroatoms. The van der Waals surface area contributed by atoms with Crippen LogP contribution >= 0.6 is 27.7 Å². The van der Waals surface area contributed by atoms with Gasteiger partial charge in [-0.1, -0.05) is 92.4 Å². The third kappa shape index (κ3) is 16.6. The Morgan fingerprint density at radius 2 is 1.35 bits per heavy atom. The van der Waals surface area contributed by atoms with Crippen LogP contribution in [0.2, 0.25) is 0 Å². The Kier molecular flexibility index (Phi) is 18.0. The van der Waals surface area contributed by atoms with Crippen molar-refractivity contribution in [3.63, 3.8) is 0 Å². The van der Waals surface area contributed by atoms with Gasteiger partial charge in [-0.05, 0) is 19.3 Å². The predicted octanol–water partition coefficient (Wildman–Crippen LogP) is 6.73. The van der Waals surface area contributed by atoms with Crippen molar-refractivity contribution in [2.24, 2.45) is 0 Å². The highest BCUT2D eigenvalue weighted by atomic mass is 79.9. The molecule has 0 N–H and O–H groups in total. The van der Waals surface area contributed by atoms with Crippen LogP contribution in [-0.4, -0.2) is 16.2 Å². The molecule has 0 bridgehead atoms. The summed E-state index contributed by atoms with van der Waals surface area (Å²) in [6.45, 7) is 2.25. The predicted molar refractivity (Wildman–Crippen MR) is 97.0 cm³/mol. The third-order valence-corrected chi connectivity index (χ3v) is 5.11. The molecule has 0 fully saturated rings. The normalized spacial score (nSPS) is 10.9. The fourth-order valence-corrected chi connectivity index (χ4v) is 3.47. The van der Waals surface area contributed by atoms with Gasteiger partial charge in [0, 0.05) is 17.5 Å². The molecule has 0 aliphatic heterocycles. The lowest BCUT2D eigenvalue weighted by Gasteiger charge is -2.02. The van der Waals surface area contributed by atoms with Crippen LogP contribution < -0.4 is 0 Å². The first kappa shape index (κ1) is 20.5. The molecule has 0 atom stereocenters. The Labute approximate surface area is 139 Å². The van der Waals surface area contributed by atoms with Crippen molar-refractivity contribution in [3.05, 3.63) is 0 Å². The summed E-state index contributed by atoms with van der Waals surface area (Å²) in [5, 5.41) is 1.54. The lowest BCUT2D eigenvalue weighted by molar-refractivity contribution is -0.111. The van der Waals surface area contributed by atoms with Gasteiger partial charge in [0.15, 0.2) is 5.12 Å². The molecule has 0 spiro atoms. The van der Waals surface area contributed by atoms with Gasteiger partial charge in [0.1, 0.15) is 0 Å². The van der Waals surface area contributed by atoms with Crippen molar-refractivity contribution in [2.45, 2.75) is 90.4 Å². The number of alkyl halides is 1. The Morgan fingerprint density at radius 1 is 0.800 bits per heavy atom. The summed E-state index contributed by atoms with van der Waals surface area (Å²) in [7, 11) is 0. The van der Waals surface area contributed by atoms with Gasteiger partial charge in [-0.2, -0.15) is 0 Å². The number of carbonyl (C=O) groups excluding carboxylic acids is 1. The van der Waals surface area contributed by atoms with Crippen molar-refractivity contribution in [1.29, 1.82) is 0 Å². The highest BCUT2D eigenvalue weighted by molar-refractivity contribution is 9.09. The molecule has 0 saturated carbocycles. The molecule has 120 valence electrons. The van der Waals surface area contributed by atoms with Crippen LogP contribution in [0, 0.1) is 0 Å². The van der Waals surface area contributed by atoms with Gasteiger partial charge in [0.2, 0.25) is 0 Å². The number of hydrogen-bond donors (Lipinski definition) is 0. The van der Waals surface area contributed by atoms with Gasteiger partial charge in [-0.25, -0.2) is 0 Å². The van der Waals surface area contributed by atoms with E-state index < -0.39 is 0 Å². The molecule has 0 aromatic heterocycles. The van der Waals surface area contributed by atoms with E-state index in [2.05, 4.69) is 22.9 Å². The minimum absolute atomic E-state index is 0.416. The average molecular weight is 365 g/mol. The highest BCUT2D eigenvalue weighted by Gasteiger charge is 2.02. The van der Waals surface area contributed by atoms with Crippen LogP contribution in [-0.2, 0) is 4.79 Å². The van der Waals surface area contributed by atoms with E-state index in [9.17, 15) is 4.79 Å². The Bertz CT molecular complexity index is 189. The Hall–Kier alpha value is 0.500. The second kappa shape index (κ2) is 17.6. The number of rotatable bonds is 15. The average Bonchev–Trinajstić information content (AvgIpc) is 2.45. The van der Waals surface area contributed by atoms with Crippen LogP contribution in [0.1, 0.15) is 90.4 Å². The van der Waals surface area contributed by atoms with Crippen LogP contribution in [0.3, 0.4) is 0 Å². The van der Waals surface area contributed by atoms with E-state index in [1.807, 2.05) is 0 Å². The van der Waals surface area contributed by atoms with Crippen molar-refractivity contribution in [3.8, 4) is 0 Å². The van der Waals surface area contributed by atoms with E-state index in [4.69, 9.17) is 0 Å². The smallest absolute Gasteiger partial charge is 0.188 e. The lowest BCUT2D eigenvalue weighted by Crippen LogP contribution is -1.94. The van der Waals surface area contributed by atoms with Gasteiger partial charge < -0.3 is 0 Å². The fraction of sp³-hybridized carbons (Fsp3) is 0.941. The zero-order valence-corrected chi connectivity index (χ0v) is 15.7. The SMILES string of the molecule is CCCCCCCCCC(=O)SCCCCCCCBr. The summed E-state index contributed by atoms with van der Waals surface area (Å²) in [6.07, 6.45) is 16.2. The molecule has 0 rings (SSSR count). The number of thioether (sulfide) groups is 1. The summed E-state index contributed by atoms with van der Waals surface area (Å²) in [5.41, 5.74) is 0. The van der Waals surface area contributed by atoms with Crippen molar-refractivity contribution < 1.29 is 4.79 Å². The minimum Gasteiger partial charge on any atom is -0.287 e. The topological polar surface area (TPSA) is 17.1 Å². The maximum Gasteiger partial charge on any atom is 0.188 e. The summed E-state index contributed by atoms with van der Waals surface area (Å²) in [5.74, 6) is 1.03. The number of carbonyl (C=O) groups is 1. The first-order valence-corrected chi connectivity index (χ1v) is 10.6. The number of halogens is 1. The minimum atomic E-state index is 0.416. The Balaban J connectivity index is 3.13. The molecule has 0 aromatic rings. The molecular formula is C17H33BrOS. The van der Waals surface area contributed by atoms with Crippen LogP contribution in [0.15, 0.2) is 0 Å². The zero-order valence-electron chi connectivity index (χ0n) is 13.3. The van der Waals surface area contributed by atoms with Crippen LogP contribution in [0.4, 0.5) is 0 Å². The molecule has 20 heavy (non-hydrogen) atoms.